The van der Waals surface area contributed by atoms with Gasteiger partial charge in [-0.15, -0.1) is 0 Å². The summed E-state index contributed by atoms with van der Waals surface area (Å²) < 4.78 is 1.89. The lowest BCUT2D eigenvalue weighted by Gasteiger charge is -2.16. The minimum Gasteiger partial charge on any atom is -0.241 e. The van der Waals surface area contributed by atoms with Crippen LogP contribution in [0.2, 0.25) is 5.02 Å². The molecule has 0 saturated heterocycles. The average molecular weight is 249 g/mol. The van der Waals surface area contributed by atoms with E-state index in [-0.39, 0.29) is 5.41 Å². The van der Waals surface area contributed by atoms with Crippen LogP contribution in [0, 0.1) is 5.41 Å². The van der Waals surface area contributed by atoms with E-state index in [2.05, 4.69) is 32.1 Å². The van der Waals surface area contributed by atoms with Crippen LogP contribution in [0.3, 0.4) is 0 Å². The predicted octanol–water partition coefficient (Wildman–Crippen LogP) is 4.11. The first-order valence-electron chi connectivity index (χ1n) is 5.73. The van der Waals surface area contributed by atoms with Crippen molar-refractivity contribution in [1.82, 2.24) is 9.78 Å². The average Bonchev–Trinajstić information content (AvgIpc) is 2.64. The molecule has 0 bridgehead atoms. The lowest BCUT2D eigenvalue weighted by Crippen LogP contribution is -2.08. The van der Waals surface area contributed by atoms with Crippen LogP contribution in [0.5, 0.6) is 0 Å². The Balaban J connectivity index is 2.21. The highest BCUT2D eigenvalue weighted by molar-refractivity contribution is 6.30. The van der Waals surface area contributed by atoms with E-state index in [0.717, 1.165) is 17.1 Å². The van der Waals surface area contributed by atoms with Gasteiger partial charge in [0.2, 0.25) is 0 Å². The van der Waals surface area contributed by atoms with Crippen LogP contribution in [0.15, 0.2) is 36.7 Å². The lowest BCUT2D eigenvalue weighted by atomic mass is 9.89. The molecular formula is C14H17ClN2. The molecule has 2 rings (SSSR count). The third-order valence-electron chi connectivity index (χ3n) is 2.46. The Kier molecular flexibility index (Phi) is 3.25. The first-order chi connectivity index (χ1) is 7.94. The Labute approximate surface area is 107 Å². The molecule has 0 spiro atoms. The maximum Gasteiger partial charge on any atom is 0.0646 e. The topological polar surface area (TPSA) is 17.8 Å². The quantitative estimate of drug-likeness (QED) is 0.782. The summed E-state index contributed by atoms with van der Waals surface area (Å²) in [6, 6.07) is 7.69. The highest BCUT2D eigenvalue weighted by atomic mass is 35.5. The molecule has 0 atom stereocenters. The fourth-order valence-corrected chi connectivity index (χ4v) is 1.92. The normalized spacial score (nSPS) is 11.8. The molecule has 90 valence electrons. The summed E-state index contributed by atoms with van der Waals surface area (Å²) in [6.07, 6.45) is 5.04. The maximum atomic E-state index is 5.86. The summed E-state index contributed by atoms with van der Waals surface area (Å²) in [4.78, 5) is 0. The number of benzene rings is 1. The van der Waals surface area contributed by atoms with Gasteiger partial charge in [0.05, 0.1) is 11.9 Å². The summed E-state index contributed by atoms with van der Waals surface area (Å²) in [5.41, 5.74) is 2.58. The van der Waals surface area contributed by atoms with Gasteiger partial charge in [0, 0.05) is 11.2 Å². The monoisotopic (exact) mass is 248 g/mol. The van der Waals surface area contributed by atoms with Crippen molar-refractivity contribution in [2.75, 3.05) is 0 Å². The van der Waals surface area contributed by atoms with Gasteiger partial charge in [-0.2, -0.15) is 5.10 Å². The molecule has 0 radical (unpaired) electrons. The summed E-state index contributed by atoms with van der Waals surface area (Å²) in [5, 5.41) is 5.12. The number of nitrogens with zero attached hydrogens (tertiary/aromatic N) is 2. The third-order valence-corrected chi connectivity index (χ3v) is 2.71. The van der Waals surface area contributed by atoms with E-state index < -0.39 is 0 Å². The van der Waals surface area contributed by atoms with Crippen molar-refractivity contribution in [3.63, 3.8) is 0 Å². The Morgan fingerprint density at radius 2 is 1.82 bits per heavy atom. The first-order valence-corrected chi connectivity index (χ1v) is 6.11. The molecule has 2 aromatic rings. The molecule has 3 heteroatoms. The summed E-state index contributed by atoms with van der Waals surface area (Å²) in [5.74, 6) is 0. The van der Waals surface area contributed by atoms with Crippen molar-refractivity contribution < 1.29 is 0 Å². The van der Waals surface area contributed by atoms with Crippen LogP contribution in [0.1, 0.15) is 26.3 Å². The predicted molar refractivity (Wildman–Crippen MR) is 71.7 cm³/mol. The highest BCUT2D eigenvalue weighted by Crippen LogP contribution is 2.21. The van der Waals surface area contributed by atoms with Gasteiger partial charge in [-0.05, 0) is 41.7 Å². The minimum atomic E-state index is 0.286. The standard InChI is InChI=1S/C14H17ClN2/c1-14(2,3)8-11-9-16-17(10-11)13-6-4-12(15)5-7-13/h4-7,9-10H,8H2,1-3H3. The zero-order valence-corrected chi connectivity index (χ0v) is 11.2. The summed E-state index contributed by atoms with van der Waals surface area (Å²) >= 11 is 5.86. The minimum absolute atomic E-state index is 0.286. The Morgan fingerprint density at radius 3 is 2.41 bits per heavy atom. The summed E-state index contributed by atoms with van der Waals surface area (Å²) in [7, 11) is 0. The van der Waals surface area contributed by atoms with Gasteiger partial charge in [0.25, 0.3) is 0 Å². The molecule has 0 aliphatic carbocycles. The van der Waals surface area contributed by atoms with E-state index in [1.807, 2.05) is 35.1 Å². The number of halogens is 1. The maximum absolute atomic E-state index is 5.86. The second-order valence-electron chi connectivity index (χ2n) is 5.51. The van der Waals surface area contributed by atoms with Gasteiger partial charge >= 0.3 is 0 Å². The van der Waals surface area contributed by atoms with Crippen LogP contribution in [0.4, 0.5) is 0 Å². The van der Waals surface area contributed by atoms with Crippen molar-refractivity contribution in [2.45, 2.75) is 27.2 Å². The van der Waals surface area contributed by atoms with Crippen molar-refractivity contribution in [2.24, 2.45) is 5.41 Å². The summed E-state index contributed by atoms with van der Waals surface area (Å²) in [6.45, 7) is 6.69. The number of aromatic nitrogens is 2. The van der Waals surface area contributed by atoms with E-state index in [0.29, 0.717) is 0 Å². The Bertz CT molecular complexity index is 492. The van der Waals surface area contributed by atoms with Gasteiger partial charge in [0.15, 0.2) is 0 Å². The second kappa shape index (κ2) is 4.53. The highest BCUT2D eigenvalue weighted by Gasteiger charge is 2.12. The molecule has 0 amide bonds. The van der Waals surface area contributed by atoms with E-state index in [1.165, 1.54) is 5.56 Å². The molecule has 0 aliphatic heterocycles. The van der Waals surface area contributed by atoms with Gasteiger partial charge in [-0.1, -0.05) is 32.4 Å². The zero-order valence-electron chi connectivity index (χ0n) is 10.4. The second-order valence-corrected chi connectivity index (χ2v) is 5.94. The fourth-order valence-electron chi connectivity index (χ4n) is 1.80. The van der Waals surface area contributed by atoms with E-state index in [4.69, 9.17) is 11.6 Å². The molecule has 1 aromatic heterocycles. The van der Waals surface area contributed by atoms with Crippen LogP contribution < -0.4 is 0 Å². The number of rotatable bonds is 2. The molecule has 0 fully saturated rings. The van der Waals surface area contributed by atoms with E-state index in [9.17, 15) is 0 Å². The van der Waals surface area contributed by atoms with E-state index >= 15 is 0 Å². The molecule has 1 aromatic carbocycles. The molecule has 0 saturated carbocycles. The molecule has 1 heterocycles. The lowest BCUT2D eigenvalue weighted by molar-refractivity contribution is 0.411. The first kappa shape index (κ1) is 12.2. The molecule has 2 nitrogen and oxygen atoms in total. The third kappa shape index (κ3) is 3.34. The number of hydrogen-bond acceptors (Lipinski definition) is 1. The Morgan fingerprint density at radius 1 is 1.18 bits per heavy atom. The van der Waals surface area contributed by atoms with Gasteiger partial charge in [0.1, 0.15) is 0 Å². The smallest absolute Gasteiger partial charge is 0.0646 e. The molecule has 0 aliphatic rings. The zero-order chi connectivity index (χ0) is 12.5. The van der Waals surface area contributed by atoms with Gasteiger partial charge < -0.3 is 0 Å². The van der Waals surface area contributed by atoms with Gasteiger partial charge in [-0.3, -0.25) is 0 Å². The largest absolute Gasteiger partial charge is 0.241 e. The molecule has 0 N–H and O–H groups in total. The van der Waals surface area contributed by atoms with Gasteiger partial charge in [-0.25, -0.2) is 4.68 Å². The van der Waals surface area contributed by atoms with Crippen LogP contribution in [-0.4, -0.2) is 9.78 Å². The van der Waals surface area contributed by atoms with Crippen molar-refractivity contribution in [3.8, 4) is 5.69 Å². The SMILES string of the molecule is CC(C)(C)Cc1cnn(-c2ccc(Cl)cc2)c1. The Hall–Kier alpha value is -1.28. The van der Waals surface area contributed by atoms with E-state index in [1.54, 1.807) is 0 Å². The van der Waals surface area contributed by atoms with Crippen LogP contribution in [-0.2, 0) is 6.42 Å². The van der Waals surface area contributed by atoms with Crippen molar-refractivity contribution in [1.29, 1.82) is 0 Å². The van der Waals surface area contributed by atoms with Crippen molar-refractivity contribution >= 4 is 11.6 Å². The van der Waals surface area contributed by atoms with Crippen LogP contribution >= 0.6 is 11.6 Å². The fraction of sp³-hybridized carbons (Fsp3) is 0.357. The van der Waals surface area contributed by atoms with Crippen molar-refractivity contribution in [3.05, 3.63) is 47.2 Å². The molecular weight excluding hydrogens is 232 g/mol. The molecule has 0 unspecified atom stereocenters. The molecule has 17 heavy (non-hydrogen) atoms. The van der Waals surface area contributed by atoms with Crippen LogP contribution in [0.25, 0.3) is 5.69 Å². The number of hydrogen-bond donors (Lipinski definition) is 0.